The summed E-state index contributed by atoms with van der Waals surface area (Å²) in [5, 5.41) is 40.1. The molecule has 1 aliphatic rings. The van der Waals surface area contributed by atoms with Crippen molar-refractivity contribution in [2.75, 3.05) is 23.3 Å². The lowest BCUT2D eigenvalue weighted by Crippen LogP contribution is -2.37. The highest BCUT2D eigenvalue weighted by Gasteiger charge is 2.23. The second kappa shape index (κ2) is 11.1. The molecule has 0 aliphatic carbocycles. The maximum Gasteiger partial charge on any atom is 0.374 e. The number of pyridine rings is 1. The minimum Gasteiger partial charge on any atom is -0.508 e. The SMILES string of the molecule is Cc1cc(Nc2ncnn3ccc(N4CC=NC(CC/C(O)=C(/O)C(=O)O)C4)c23)ccc1Oc1ccn2ncnc2c1. The first-order valence-corrected chi connectivity index (χ1v) is 13.1. The van der Waals surface area contributed by atoms with Gasteiger partial charge in [0, 0.05) is 43.3 Å². The Morgan fingerprint density at radius 3 is 2.69 bits per heavy atom. The number of carboxylic acid groups (broad SMARTS) is 1. The summed E-state index contributed by atoms with van der Waals surface area (Å²) in [5.74, 6) is -1.20. The van der Waals surface area contributed by atoms with E-state index in [0.29, 0.717) is 42.5 Å². The van der Waals surface area contributed by atoms with Crippen molar-refractivity contribution in [1.29, 1.82) is 0 Å². The van der Waals surface area contributed by atoms with Crippen LogP contribution in [0.1, 0.15) is 18.4 Å². The minimum atomic E-state index is -1.57. The third kappa shape index (κ3) is 5.37. The quantitative estimate of drug-likeness (QED) is 0.149. The van der Waals surface area contributed by atoms with E-state index in [4.69, 9.17) is 9.84 Å². The van der Waals surface area contributed by atoms with Gasteiger partial charge in [0.1, 0.15) is 35.4 Å². The highest BCUT2D eigenvalue weighted by molar-refractivity contribution is 5.88. The van der Waals surface area contributed by atoms with E-state index in [0.717, 1.165) is 22.5 Å². The molecule has 5 heterocycles. The lowest BCUT2D eigenvalue weighted by molar-refractivity contribution is -0.135. The van der Waals surface area contributed by atoms with E-state index in [-0.39, 0.29) is 12.5 Å². The lowest BCUT2D eigenvalue weighted by atomic mass is 10.1. The van der Waals surface area contributed by atoms with E-state index in [1.165, 1.54) is 12.7 Å². The van der Waals surface area contributed by atoms with Crippen LogP contribution in [0.4, 0.5) is 17.2 Å². The fraction of sp³-hybridized carbons (Fsp3) is 0.214. The van der Waals surface area contributed by atoms with E-state index in [9.17, 15) is 15.0 Å². The number of rotatable bonds is 9. The first-order chi connectivity index (χ1) is 20.4. The maximum absolute atomic E-state index is 10.9. The molecule has 5 aromatic rings. The van der Waals surface area contributed by atoms with Crippen molar-refractivity contribution >= 4 is 40.5 Å². The van der Waals surface area contributed by atoms with Crippen LogP contribution in [0.15, 0.2) is 78.0 Å². The van der Waals surface area contributed by atoms with E-state index in [1.54, 1.807) is 21.4 Å². The summed E-state index contributed by atoms with van der Waals surface area (Å²) in [4.78, 5) is 26.2. The summed E-state index contributed by atoms with van der Waals surface area (Å²) in [7, 11) is 0. The van der Waals surface area contributed by atoms with Gasteiger partial charge in [-0.2, -0.15) is 10.2 Å². The molecular formula is C28H27N9O5. The number of carbonyl (C=O) groups is 1. The Bertz CT molecular complexity index is 1840. The second-order valence-corrected chi connectivity index (χ2v) is 9.76. The van der Waals surface area contributed by atoms with Gasteiger partial charge in [0.05, 0.1) is 18.3 Å². The number of benzene rings is 1. The Balaban J connectivity index is 1.19. The lowest BCUT2D eigenvalue weighted by Gasteiger charge is -2.29. The van der Waals surface area contributed by atoms with Crippen molar-refractivity contribution in [3.63, 3.8) is 0 Å². The van der Waals surface area contributed by atoms with Crippen molar-refractivity contribution in [3.8, 4) is 11.5 Å². The molecule has 0 spiro atoms. The summed E-state index contributed by atoms with van der Waals surface area (Å²) in [5.41, 5.74) is 4.10. The average molecular weight is 570 g/mol. The molecule has 0 radical (unpaired) electrons. The molecule has 14 heteroatoms. The smallest absolute Gasteiger partial charge is 0.374 e. The predicted molar refractivity (Wildman–Crippen MR) is 154 cm³/mol. The number of hydrogen-bond acceptors (Lipinski definition) is 11. The third-order valence-corrected chi connectivity index (χ3v) is 6.93. The number of nitrogens with zero attached hydrogens (tertiary/aromatic N) is 8. The van der Waals surface area contributed by atoms with Crippen LogP contribution in [0.3, 0.4) is 0 Å². The molecule has 4 N–H and O–H groups in total. The van der Waals surface area contributed by atoms with Crippen LogP contribution < -0.4 is 15.0 Å². The first kappa shape index (κ1) is 26.6. The molecule has 42 heavy (non-hydrogen) atoms. The monoisotopic (exact) mass is 569 g/mol. The summed E-state index contributed by atoms with van der Waals surface area (Å²) >= 11 is 0. The van der Waals surface area contributed by atoms with Gasteiger partial charge in [-0.15, -0.1) is 0 Å². The summed E-state index contributed by atoms with van der Waals surface area (Å²) < 4.78 is 9.51. The molecule has 0 bridgehead atoms. The fourth-order valence-electron chi connectivity index (χ4n) is 4.83. The summed E-state index contributed by atoms with van der Waals surface area (Å²) in [6.45, 7) is 3.04. The van der Waals surface area contributed by atoms with Crippen LogP contribution in [-0.2, 0) is 4.79 Å². The van der Waals surface area contributed by atoms with Crippen LogP contribution >= 0.6 is 0 Å². The van der Waals surface area contributed by atoms with Crippen molar-refractivity contribution in [3.05, 3.63) is 78.5 Å². The van der Waals surface area contributed by atoms with E-state index in [2.05, 4.69) is 35.4 Å². The van der Waals surface area contributed by atoms with Crippen molar-refractivity contribution in [2.24, 2.45) is 4.99 Å². The second-order valence-electron chi connectivity index (χ2n) is 9.76. The molecule has 6 rings (SSSR count). The average Bonchev–Trinajstić information content (AvgIpc) is 3.64. The normalized spacial score (nSPS) is 15.6. The third-order valence-electron chi connectivity index (χ3n) is 6.93. The minimum absolute atomic E-state index is 0.00531. The van der Waals surface area contributed by atoms with Crippen LogP contribution in [-0.4, -0.2) is 75.8 Å². The van der Waals surface area contributed by atoms with Gasteiger partial charge < -0.3 is 30.3 Å². The Morgan fingerprint density at radius 2 is 1.86 bits per heavy atom. The Morgan fingerprint density at radius 1 is 1.05 bits per heavy atom. The predicted octanol–water partition coefficient (Wildman–Crippen LogP) is 4.07. The zero-order valence-electron chi connectivity index (χ0n) is 22.5. The summed E-state index contributed by atoms with van der Waals surface area (Å²) in [6.07, 6.45) is 8.76. The Kier molecular flexibility index (Phi) is 7.00. The van der Waals surface area contributed by atoms with Crippen molar-refractivity contribution < 1.29 is 24.9 Å². The van der Waals surface area contributed by atoms with E-state index in [1.807, 2.05) is 49.5 Å². The number of aliphatic carboxylic acids is 1. The van der Waals surface area contributed by atoms with Gasteiger partial charge >= 0.3 is 5.97 Å². The molecule has 1 unspecified atom stereocenters. The summed E-state index contributed by atoms with van der Waals surface area (Å²) in [6, 6.07) is 11.2. The van der Waals surface area contributed by atoms with Crippen molar-refractivity contribution in [2.45, 2.75) is 25.8 Å². The van der Waals surface area contributed by atoms with Gasteiger partial charge in [-0.3, -0.25) is 4.99 Å². The number of aliphatic hydroxyl groups excluding tert-OH is 2. The van der Waals surface area contributed by atoms with Crippen LogP contribution in [0.25, 0.3) is 11.2 Å². The number of fused-ring (bicyclic) bond motifs is 2. The largest absolute Gasteiger partial charge is 0.508 e. The Labute approximate surface area is 238 Å². The van der Waals surface area contributed by atoms with Gasteiger partial charge in [-0.25, -0.2) is 23.8 Å². The Hall–Kier alpha value is -5.66. The standard InChI is InChI=1S/C28H27N9O5/c1-17-12-18(3-5-23(17)42-20-6-9-36-24(13-20)30-15-32-36)34-27-25-21(7-10-37(25)33-16-31-27)35-11-8-29-19(14-35)2-4-22(38)26(39)28(40)41/h3,5-10,12-13,15-16,19,38-39H,2,4,11,14H2,1H3,(H,40,41)(H,31,33,34)/b26-22-. The molecule has 4 aromatic heterocycles. The molecule has 214 valence electrons. The number of aliphatic imine (C=N–C) groups is 1. The molecule has 1 aliphatic heterocycles. The molecule has 0 amide bonds. The molecule has 1 aromatic carbocycles. The van der Waals surface area contributed by atoms with Crippen LogP contribution in [0.5, 0.6) is 11.5 Å². The van der Waals surface area contributed by atoms with Gasteiger partial charge in [0.15, 0.2) is 11.5 Å². The number of hydrogen-bond donors (Lipinski definition) is 4. The number of allylic oxidation sites excluding steroid dienone is 1. The number of aliphatic hydroxyl groups is 2. The number of aromatic nitrogens is 6. The number of ether oxygens (including phenoxy) is 1. The molecule has 14 nitrogen and oxygen atoms in total. The van der Waals surface area contributed by atoms with Crippen LogP contribution in [0.2, 0.25) is 0 Å². The maximum atomic E-state index is 10.9. The van der Waals surface area contributed by atoms with Gasteiger partial charge in [-0.1, -0.05) is 0 Å². The molecule has 0 fully saturated rings. The topological polar surface area (TPSA) is 175 Å². The molecule has 0 saturated heterocycles. The zero-order chi connectivity index (χ0) is 29.2. The van der Waals surface area contributed by atoms with E-state index < -0.39 is 17.5 Å². The molecule has 0 saturated carbocycles. The zero-order valence-corrected chi connectivity index (χ0v) is 22.5. The van der Waals surface area contributed by atoms with Crippen molar-refractivity contribution in [1.82, 2.24) is 29.2 Å². The highest BCUT2D eigenvalue weighted by Crippen LogP contribution is 2.33. The number of carboxylic acids is 1. The van der Waals surface area contributed by atoms with E-state index >= 15 is 0 Å². The fourth-order valence-corrected chi connectivity index (χ4v) is 4.83. The van der Waals surface area contributed by atoms with Gasteiger partial charge in [0.2, 0.25) is 5.76 Å². The van der Waals surface area contributed by atoms with Gasteiger partial charge in [0.25, 0.3) is 0 Å². The first-order valence-electron chi connectivity index (χ1n) is 13.1. The molecule has 1 atom stereocenters. The number of aryl methyl sites for hydroxylation is 1. The molecular weight excluding hydrogens is 542 g/mol. The highest BCUT2D eigenvalue weighted by atomic mass is 16.5. The number of nitrogens with one attached hydrogen (secondary N) is 1. The van der Waals surface area contributed by atoms with Crippen LogP contribution in [0, 0.1) is 6.92 Å². The number of anilines is 3. The van der Waals surface area contributed by atoms with Gasteiger partial charge in [-0.05, 0) is 49.2 Å².